The first kappa shape index (κ1) is 10.3. The molecule has 0 aliphatic heterocycles. The zero-order chi connectivity index (χ0) is 9.73. The lowest BCUT2D eigenvalue weighted by atomic mass is 9.94. The van der Waals surface area contributed by atoms with E-state index in [0.29, 0.717) is 6.54 Å². The SMILES string of the molecule is CC(C)(CN)CNCc1ccco1. The van der Waals surface area contributed by atoms with Gasteiger partial charge >= 0.3 is 0 Å². The maximum absolute atomic E-state index is 5.60. The van der Waals surface area contributed by atoms with E-state index >= 15 is 0 Å². The Morgan fingerprint density at radius 1 is 1.54 bits per heavy atom. The van der Waals surface area contributed by atoms with Gasteiger partial charge in [-0.25, -0.2) is 0 Å². The molecule has 13 heavy (non-hydrogen) atoms. The molecule has 3 N–H and O–H groups in total. The number of hydrogen-bond donors (Lipinski definition) is 2. The minimum Gasteiger partial charge on any atom is -0.468 e. The predicted octanol–water partition coefficient (Wildman–Crippen LogP) is 1.35. The standard InChI is InChI=1S/C10H18N2O/c1-10(2,7-11)8-12-6-9-4-3-5-13-9/h3-5,12H,6-8,11H2,1-2H3. The fourth-order valence-electron chi connectivity index (χ4n) is 1.01. The highest BCUT2D eigenvalue weighted by atomic mass is 16.3. The van der Waals surface area contributed by atoms with Crippen LogP contribution in [0.2, 0.25) is 0 Å². The van der Waals surface area contributed by atoms with Crippen molar-refractivity contribution in [3.63, 3.8) is 0 Å². The molecule has 0 aromatic carbocycles. The summed E-state index contributed by atoms with van der Waals surface area (Å²) in [6.07, 6.45) is 1.69. The van der Waals surface area contributed by atoms with E-state index in [1.807, 2.05) is 12.1 Å². The molecule has 1 rings (SSSR count). The smallest absolute Gasteiger partial charge is 0.117 e. The maximum atomic E-state index is 5.60. The van der Waals surface area contributed by atoms with Crippen molar-refractivity contribution in [2.45, 2.75) is 20.4 Å². The second-order valence-corrected chi connectivity index (χ2v) is 4.05. The molecule has 0 saturated heterocycles. The van der Waals surface area contributed by atoms with Crippen LogP contribution in [-0.4, -0.2) is 13.1 Å². The number of nitrogens with one attached hydrogen (secondary N) is 1. The van der Waals surface area contributed by atoms with E-state index in [9.17, 15) is 0 Å². The fourth-order valence-corrected chi connectivity index (χ4v) is 1.01. The van der Waals surface area contributed by atoms with Gasteiger partial charge in [0, 0.05) is 6.54 Å². The van der Waals surface area contributed by atoms with Crippen molar-refractivity contribution in [3.05, 3.63) is 24.2 Å². The third-order valence-corrected chi connectivity index (χ3v) is 2.04. The Labute approximate surface area is 79.3 Å². The van der Waals surface area contributed by atoms with Crippen LogP contribution in [0.5, 0.6) is 0 Å². The monoisotopic (exact) mass is 182 g/mol. The molecule has 0 bridgehead atoms. The molecule has 1 aromatic rings. The number of hydrogen-bond acceptors (Lipinski definition) is 3. The molecular formula is C10H18N2O. The van der Waals surface area contributed by atoms with Crippen molar-refractivity contribution in [2.24, 2.45) is 11.1 Å². The summed E-state index contributed by atoms with van der Waals surface area (Å²) in [7, 11) is 0. The first-order valence-electron chi connectivity index (χ1n) is 4.57. The van der Waals surface area contributed by atoms with Crippen molar-refractivity contribution in [1.29, 1.82) is 0 Å². The highest BCUT2D eigenvalue weighted by Gasteiger charge is 2.14. The molecule has 1 aromatic heterocycles. The van der Waals surface area contributed by atoms with E-state index < -0.39 is 0 Å². The lowest BCUT2D eigenvalue weighted by molar-refractivity contribution is 0.342. The Bertz CT molecular complexity index is 229. The van der Waals surface area contributed by atoms with Crippen molar-refractivity contribution in [1.82, 2.24) is 5.32 Å². The van der Waals surface area contributed by atoms with E-state index in [1.165, 1.54) is 0 Å². The second kappa shape index (κ2) is 4.44. The van der Waals surface area contributed by atoms with Crippen LogP contribution >= 0.6 is 0 Å². The van der Waals surface area contributed by atoms with Gasteiger partial charge in [0.2, 0.25) is 0 Å². The minimum atomic E-state index is 0.159. The Morgan fingerprint density at radius 3 is 2.85 bits per heavy atom. The largest absolute Gasteiger partial charge is 0.468 e. The topological polar surface area (TPSA) is 51.2 Å². The van der Waals surface area contributed by atoms with Gasteiger partial charge in [0.15, 0.2) is 0 Å². The van der Waals surface area contributed by atoms with Crippen molar-refractivity contribution < 1.29 is 4.42 Å². The highest BCUT2D eigenvalue weighted by molar-refractivity contribution is 4.97. The average molecular weight is 182 g/mol. The van der Waals surface area contributed by atoms with Crippen molar-refractivity contribution in [3.8, 4) is 0 Å². The van der Waals surface area contributed by atoms with Crippen LogP contribution in [0.3, 0.4) is 0 Å². The van der Waals surface area contributed by atoms with E-state index in [1.54, 1.807) is 6.26 Å². The van der Waals surface area contributed by atoms with Crippen LogP contribution in [0.15, 0.2) is 22.8 Å². The number of furan rings is 1. The Morgan fingerprint density at radius 2 is 2.31 bits per heavy atom. The molecule has 0 fully saturated rings. The van der Waals surface area contributed by atoms with E-state index in [4.69, 9.17) is 10.2 Å². The van der Waals surface area contributed by atoms with Gasteiger partial charge in [-0.05, 0) is 24.1 Å². The summed E-state index contributed by atoms with van der Waals surface area (Å²) in [6, 6.07) is 3.85. The molecule has 0 radical (unpaired) electrons. The van der Waals surface area contributed by atoms with Gasteiger partial charge in [0.25, 0.3) is 0 Å². The summed E-state index contributed by atoms with van der Waals surface area (Å²) in [5, 5.41) is 3.31. The van der Waals surface area contributed by atoms with Crippen LogP contribution in [0.25, 0.3) is 0 Å². The molecule has 0 spiro atoms. The average Bonchev–Trinajstić information content (AvgIpc) is 2.57. The summed E-state index contributed by atoms with van der Waals surface area (Å²) in [6.45, 7) is 6.66. The molecule has 0 aliphatic carbocycles. The molecule has 1 heterocycles. The maximum Gasteiger partial charge on any atom is 0.117 e. The fraction of sp³-hybridized carbons (Fsp3) is 0.600. The minimum absolute atomic E-state index is 0.159. The molecule has 0 unspecified atom stereocenters. The zero-order valence-corrected chi connectivity index (χ0v) is 8.34. The van der Waals surface area contributed by atoms with E-state index in [2.05, 4.69) is 19.2 Å². The van der Waals surface area contributed by atoms with E-state index in [0.717, 1.165) is 18.8 Å². The summed E-state index contributed by atoms with van der Waals surface area (Å²) in [5.74, 6) is 0.966. The summed E-state index contributed by atoms with van der Waals surface area (Å²) in [5.41, 5.74) is 5.76. The molecule has 0 saturated carbocycles. The molecule has 0 aliphatic rings. The lowest BCUT2D eigenvalue weighted by Crippen LogP contribution is -2.35. The second-order valence-electron chi connectivity index (χ2n) is 4.05. The van der Waals surface area contributed by atoms with Crippen LogP contribution < -0.4 is 11.1 Å². The van der Waals surface area contributed by atoms with Crippen LogP contribution in [0.4, 0.5) is 0 Å². The quantitative estimate of drug-likeness (QED) is 0.722. The van der Waals surface area contributed by atoms with Crippen LogP contribution in [-0.2, 0) is 6.54 Å². The van der Waals surface area contributed by atoms with Gasteiger partial charge in [0.1, 0.15) is 5.76 Å². The summed E-state index contributed by atoms with van der Waals surface area (Å²) in [4.78, 5) is 0. The first-order chi connectivity index (χ1) is 6.14. The third kappa shape index (κ3) is 3.61. The predicted molar refractivity (Wildman–Crippen MR) is 53.3 cm³/mol. The molecule has 74 valence electrons. The van der Waals surface area contributed by atoms with Gasteiger partial charge in [-0.3, -0.25) is 0 Å². The number of rotatable bonds is 5. The Hall–Kier alpha value is -0.800. The first-order valence-corrected chi connectivity index (χ1v) is 4.57. The molecule has 3 nitrogen and oxygen atoms in total. The Kier molecular flexibility index (Phi) is 3.51. The van der Waals surface area contributed by atoms with Gasteiger partial charge in [-0.2, -0.15) is 0 Å². The van der Waals surface area contributed by atoms with Gasteiger partial charge in [-0.15, -0.1) is 0 Å². The van der Waals surface area contributed by atoms with Crippen LogP contribution in [0, 0.1) is 5.41 Å². The van der Waals surface area contributed by atoms with Gasteiger partial charge in [0.05, 0.1) is 12.8 Å². The zero-order valence-electron chi connectivity index (χ0n) is 8.34. The Balaban J connectivity index is 2.21. The molecule has 3 heteroatoms. The van der Waals surface area contributed by atoms with Gasteiger partial charge < -0.3 is 15.5 Å². The molecular weight excluding hydrogens is 164 g/mol. The van der Waals surface area contributed by atoms with Crippen LogP contribution in [0.1, 0.15) is 19.6 Å². The summed E-state index contributed by atoms with van der Waals surface area (Å²) < 4.78 is 5.19. The van der Waals surface area contributed by atoms with Crippen molar-refractivity contribution in [2.75, 3.05) is 13.1 Å². The lowest BCUT2D eigenvalue weighted by Gasteiger charge is -2.22. The summed E-state index contributed by atoms with van der Waals surface area (Å²) >= 11 is 0. The third-order valence-electron chi connectivity index (χ3n) is 2.04. The van der Waals surface area contributed by atoms with E-state index in [-0.39, 0.29) is 5.41 Å². The van der Waals surface area contributed by atoms with Gasteiger partial charge in [-0.1, -0.05) is 13.8 Å². The molecule has 0 atom stereocenters. The highest BCUT2D eigenvalue weighted by Crippen LogP contribution is 2.10. The number of nitrogens with two attached hydrogens (primary N) is 1. The van der Waals surface area contributed by atoms with Crippen molar-refractivity contribution >= 4 is 0 Å². The molecule has 0 amide bonds. The normalized spacial score (nSPS) is 11.9.